The van der Waals surface area contributed by atoms with Crippen LogP contribution in [0.15, 0.2) is 0 Å². The molecule has 6 unspecified atom stereocenters. The Hall–Kier alpha value is -1.54. The minimum absolute atomic E-state index is 0.0459. The van der Waals surface area contributed by atoms with Crippen LogP contribution < -0.4 is 5.32 Å². The normalized spacial score (nSPS) is 45.6. The number of fused-ring (bicyclic) bond motifs is 2. The lowest BCUT2D eigenvalue weighted by Gasteiger charge is -2.63. The van der Waals surface area contributed by atoms with Crippen molar-refractivity contribution in [1.82, 2.24) is 10.2 Å². The van der Waals surface area contributed by atoms with E-state index in [0.29, 0.717) is 17.8 Å². The van der Waals surface area contributed by atoms with Crippen LogP contribution >= 0.6 is 0 Å². The van der Waals surface area contributed by atoms with Crippen molar-refractivity contribution in [1.29, 1.82) is 0 Å². The number of methoxy groups -OCH3 is 1. The van der Waals surface area contributed by atoms with Gasteiger partial charge in [0.1, 0.15) is 12.2 Å². The van der Waals surface area contributed by atoms with E-state index in [1.165, 1.54) is 12.8 Å². The van der Waals surface area contributed by atoms with Gasteiger partial charge < -0.3 is 29.5 Å². The lowest BCUT2D eigenvalue weighted by Crippen LogP contribution is -2.60. The Morgan fingerprint density at radius 2 is 1.62 bits per heavy atom. The van der Waals surface area contributed by atoms with Gasteiger partial charge in [0.05, 0.1) is 12.2 Å². The summed E-state index contributed by atoms with van der Waals surface area (Å²) in [5.74, 6) is 1.80. The van der Waals surface area contributed by atoms with Crippen molar-refractivity contribution < 1.29 is 28.9 Å². The Labute approximate surface area is 272 Å². The zero-order chi connectivity index (χ0) is 32.7. The molecule has 1 heterocycles. The third-order valence-electron chi connectivity index (χ3n) is 15.6. The molecule has 256 valence electrons. The summed E-state index contributed by atoms with van der Waals surface area (Å²) in [6.07, 6.45) is 9.32. The third kappa shape index (κ3) is 4.56. The number of nitrogens with zero attached hydrogens (tertiary/aromatic N) is 1. The third-order valence-corrected chi connectivity index (χ3v) is 15.6. The molecule has 5 aliphatic carbocycles. The maximum Gasteiger partial charge on any atom is 0.410 e. The fourth-order valence-corrected chi connectivity index (χ4v) is 12.9. The average Bonchev–Trinajstić information content (AvgIpc) is 3.59. The minimum atomic E-state index is -0.512. The quantitative estimate of drug-likeness (QED) is 0.299. The number of carbonyl (C=O) groups is 2. The van der Waals surface area contributed by atoms with Gasteiger partial charge in [-0.25, -0.2) is 9.59 Å². The number of rotatable bonds is 8. The zero-order valence-electron chi connectivity index (χ0n) is 29.6. The van der Waals surface area contributed by atoms with Gasteiger partial charge in [0, 0.05) is 38.1 Å². The highest BCUT2D eigenvalue weighted by molar-refractivity contribution is 5.68. The average molecular weight is 631 g/mol. The van der Waals surface area contributed by atoms with Crippen LogP contribution in [0.4, 0.5) is 9.59 Å². The van der Waals surface area contributed by atoms with E-state index in [9.17, 15) is 14.7 Å². The number of likely N-dealkylation sites (tertiary alicyclic amines) is 1. The van der Waals surface area contributed by atoms with Crippen molar-refractivity contribution in [2.24, 2.45) is 56.7 Å². The SMILES string of the molecule is CNC(=O)O[C@H]1CC[C@]23CC24CC[C@]2(C)[C@@H]([C@H](C)CC[C@H](OC(=O)N5CCC5)C(C)C)C(OC)C(O)C2(C)C4CCC3C1(C)C. The molecule has 0 bridgehead atoms. The second kappa shape index (κ2) is 11.3. The van der Waals surface area contributed by atoms with E-state index < -0.39 is 6.10 Å². The van der Waals surface area contributed by atoms with Crippen LogP contribution in [0.3, 0.4) is 0 Å². The Balaban J connectivity index is 1.22. The molecule has 1 saturated heterocycles. The molecule has 2 spiro atoms. The van der Waals surface area contributed by atoms with E-state index in [1.807, 2.05) is 0 Å². The predicted molar refractivity (Wildman–Crippen MR) is 173 cm³/mol. The zero-order valence-corrected chi connectivity index (χ0v) is 29.6. The molecule has 45 heavy (non-hydrogen) atoms. The molecule has 6 aliphatic rings. The van der Waals surface area contributed by atoms with Gasteiger partial charge in [0.25, 0.3) is 0 Å². The van der Waals surface area contributed by atoms with E-state index in [1.54, 1.807) is 19.1 Å². The number of alkyl carbamates (subject to hydrolysis) is 1. The molecule has 8 nitrogen and oxygen atoms in total. The van der Waals surface area contributed by atoms with Gasteiger partial charge in [0.15, 0.2) is 0 Å². The van der Waals surface area contributed by atoms with Crippen molar-refractivity contribution in [2.45, 2.75) is 137 Å². The number of nitrogens with one attached hydrogen (secondary N) is 1. The summed E-state index contributed by atoms with van der Waals surface area (Å²) in [6.45, 7) is 17.8. The van der Waals surface area contributed by atoms with Crippen LogP contribution in [0.25, 0.3) is 0 Å². The number of aliphatic hydroxyl groups excluding tert-OH is 1. The maximum atomic E-state index is 12.7. The van der Waals surface area contributed by atoms with Crippen LogP contribution in [0.5, 0.6) is 0 Å². The van der Waals surface area contributed by atoms with E-state index in [-0.39, 0.29) is 69.4 Å². The Bertz CT molecular complexity index is 1160. The first kappa shape index (κ1) is 33.4. The van der Waals surface area contributed by atoms with Gasteiger partial charge in [0.2, 0.25) is 0 Å². The molecule has 6 rings (SSSR count). The Morgan fingerprint density at radius 3 is 2.22 bits per heavy atom. The number of hydrogen-bond acceptors (Lipinski definition) is 6. The van der Waals surface area contributed by atoms with Crippen LogP contribution in [-0.2, 0) is 14.2 Å². The number of ether oxygens (including phenoxy) is 3. The molecule has 12 atom stereocenters. The monoisotopic (exact) mass is 630 g/mol. The summed E-state index contributed by atoms with van der Waals surface area (Å²) in [4.78, 5) is 26.7. The summed E-state index contributed by atoms with van der Waals surface area (Å²) in [6, 6.07) is 0. The molecule has 0 aromatic carbocycles. The minimum Gasteiger partial charge on any atom is -0.446 e. The van der Waals surface area contributed by atoms with Gasteiger partial charge in [-0.2, -0.15) is 0 Å². The topological polar surface area (TPSA) is 97.3 Å². The first-order valence-corrected chi connectivity index (χ1v) is 18.2. The first-order chi connectivity index (χ1) is 21.1. The van der Waals surface area contributed by atoms with Crippen molar-refractivity contribution in [3.8, 4) is 0 Å². The van der Waals surface area contributed by atoms with E-state index in [0.717, 1.165) is 64.5 Å². The highest BCUT2D eigenvalue weighted by atomic mass is 16.6. The number of aliphatic hydroxyl groups is 1. The van der Waals surface area contributed by atoms with Gasteiger partial charge >= 0.3 is 12.2 Å². The fourth-order valence-electron chi connectivity index (χ4n) is 12.9. The lowest BCUT2D eigenvalue weighted by atomic mass is 9.41. The molecule has 2 N–H and O–H groups in total. The van der Waals surface area contributed by atoms with Crippen molar-refractivity contribution in [3.05, 3.63) is 0 Å². The van der Waals surface area contributed by atoms with Crippen LogP contribution in [-0.4, -0.2) is 73.9 Å². The summed E-state index contributed by atoms with van der Waals surface area (Å²) in [5, 5.41) is 15.0. The fraction of sp³-hybridized carbons (Fsp3) is 0.946. The molecule has 1 aliphatic heterocycles. The summed E-state index contributed by atoms with van der Waals surface area (Å²) in [5.41, 5.74) is 0.178. The predicted octanol–water partition coefficient (Wildman–Crippen LogP) is 7.03. The molecular weight excluding hydrogens is 568 g/mol. The molecule has 5 saturated carbocycles. The van der Waals surface area contributed by atoms with Crippen LogP contribution in [0.1, 0.15) is 113 Å². The van der Waals surface area contributed by atoms with Crippen molar-refractivity contribution in [3.63, 3.8) is 0 Å². The molecule has 0 radical (unpaired) electrons. The standard InChI is InChI=1S/C37H62N2O6/c1-22(2)24(44-32(42)39-19-10-20-39)12-11-23(3)28-29(43-9)30(40)35(7)26-14-13-25-33(4,5)27(45-31(41)38-8)15-16-36(25)21-37(26,36)18-17-34(28,35)6/h22-30,40H,10-21H2,1-9H3,(H,38,41)/t23-,24+,25?,26?,27+,28+,29?,30?,34-,35?,36-,37?/m1/s1. The molecule has 0 aromatic rings. The Kier molecular flexibility index (Phi) is 8.36. The second-order valence-corrected chi connectivity index (χ2v) is 17.6. The molecular formula is C37H62N2O6. The summed E-state index contributed by atoms with van der Waals surface area (Å²) in [7, 11) is 3.44. The van der Waals surface area contributed by atoms with Gasteiger partial charge in [-0.3, -0.25) is 0 Å². The maximum absolute atomic E-state index is 12.7. The first-order valence-electron chi connectivity index (χ1n) is 18.2. The largest absolute Gasteiger partial charge is 0.446 e. The Morgan fingerprint density at radius 1 is 0.956 bits per heavy atom. The molecule has 0 aromatic heterocycles. The highest BCUT2D eigenvalue weighted by Gasteiger charge is 2.84. The van der Waals surface area contributed by atoms with E-state index in [2.05, 4.69) is 53.8 Å². The smallest absolute Gasteiger partial charge is 0.410 e. The molecule has 8 heteroatoms. The molecule has 6 fully saturated rings. The highest BCUT2D eigenvalue weighted by Crippen LogP contribution is 2.89. The number of hydrogen-bond donors (Lipinski definition) is 2. The van der Waals surface area contributed by atoms with Gasteiger partial charge in [-0.15, -0.1) is 0 Å². The number of amides is 2. The molecule has 2 amide bonds. The lowest BCUT2D eigenvalue weighted by molar-refractivity contribution is -0.183. The summed E-state index contributed by atoms with van der Waals surface area (Å²) >= 11 is 0. The van der Waals surface area contributed by atoms with E-state index >= 15 is 0 Å². The van der Waals surface area contributed by atoms with Crippen LogP contribution in [0.2, 0.25) is 0 Å². The second-order valence-electron chi connectivity index (χ2n) is 17.6. The van der Waals surface area contributed by atoms with Gasteiger partial charge in [-0.1, -0.05) is 48.5 Å². The van der Waals surface area contributed by atoms with Crippen molar-refractivity contribution >= 4 is 12.2 Å². The van der Waals surface area contributed by atoms with E-state index in [4.69, 9.17) is 14.2 Å². The van der Waals surface area contributed by atoms with Gasteiger partial charge in [-0.05, 0) is 110 Å². The summed E-state index contributed by atoms with van der Waals surface area (Å²) < 4.78 is 18.3. The van der Waals surface area contributed by atoms with Crippen LogP contribution in [0, 0.1) is 56.7 Å². The van der Waals surface area contributed by atoms with Crippen molar-refractivity contribution in [2.75, 3.05) is 27.2 Å². The number of carbonyl (C=O) groups excluding carboxylic acids is 2.